The quantitative estimate of drug-likeness (QED) is 0.899. The Hall–Kier alpha value is -1.92. The lowest BCUT2D eigenvalue weighted by Gasteiger charge is -2.49. The Morgan fingerprint density at radius 3 is 2.67 bits per heavy atom. The fourth-order valence-corrected chi connectivity index (χ4v) is 4.72. The number of benzene rings is 1. The molecule has 5 nitrogen and oxygen atoms in total. The van der Waals surface area contributed by atoms with Crippen LogP contribution < -0.4 is 5.32 Å². The van der Waals surface area contributed by atoms with Crippen molar-refractivity contribution in [2.45, 2.75) is 31.8 Å². The van der Waals surface area contributed by atoms with Gasteiger partial charge in [0.05, 0.1) is 4.88 Å². The molecule has 2 aromatic rings. The lowest BCUT2D eigenvalue weighted by atomic mass is 9.79. The Bertz CT molecular complexity index is 733. The summed E-state index contributed by atoms with van der Waals surface area (Å²) in [5.41, 5.74) is 0.959. The minimum absolute atomic E-state index is 0.0735. The molecular formula is C18H21N3O2S. The van der Waals surface area contributed by atoms with Gasteiger partial charge in [-0.2, -0.15) is 0 Å². The van der Waals surface area contributed by atoms with Gasteiger partial charge in [0.1, 0.15) is 5.75 Å². The van der Waals surface area contributed by atoms with Crippen molar-refractivity contribution in [3.05, 3.63) is 35.5 Å². The first-order chi connectivity index (χ1) is 11.6. The highest BCUT2D eigenvalue weighted by atomic mass is 32.1. The zero-order chi connectivity index (χ0) is 16.7. The molecule has 2 N–H and O–H groups in total. The monoisotopic (exact) mass is 343 g/mol. The lowest BCUT2D eigenvalue weighted by molar-refractivity contribution is 0.0217. The van der Waals surface area contributed by atoms with E-state index in [0.717, 1.165) is 23.5 Å². The molecule has 1 aromatic heterocycles. The normalized spacial score (nSPS) is 28.7. The van der Waals surface area contributed by atoms with E-state index >= 15 is 0 Å². The van der Waals surface area contributed by atoms with Crippen LogP contribution in [0.25, 0.3) is 10.4 Å². The second kappa shape index (κ2) is 6.18. The molecule has 1 amide bonds. The summed E-state index contributed by atoms with van der Waals surface area (Å²) < 4.78 is 0. The minimum atomic E-state index is -0.0735. The van der Waals surface area contributed by atoms with Crippen LogP contribution in [0.3, 0.4) is 0 Å². The average Bonchev–Trinajstić information content (AvgIpc) is 3.09. The number of phenolic OH excluding ortho intramolecular Hbond substituents is 1. The maximum atomic E-state index is 12.6. The number of hydrogen-bond acceptors (Lipinski definition) is 5. The van der Waals surface area contributed by atoms with Gasteiger partial charge in [-0.3, -0.25) is 9.69 Å². The summed E-state index contributed by atoms with van der Waals surface area (Å²) >= 11 is 1.39. The van der Waals surface area contributed by atoms with Gasteiger partial charge in [0, 0.05) is 18.3 Å². The van der Waals surface area contributed by atoms with Gasteiger partial charge >= 0.3 is 0 Å². The predicted molar refractivity (Wildman–Crippen MR) is 94.2 cm³/mol. The Labute approximate surface area is 145 Å². The van der Waals surface area contributed by atoms with Crippen LogP contribution in [0, 0.1) is 5.92 Å². The van der Waals surface area contributed by atoms with Crippen LogP contribution in [-0.2, 0) is 0 Å². The SMILES string of the molecule is CC1C(NC(=O)c2ncc(-c3ccc(O)cc3)s2)C2CCN1CC2. The Kier molecular flexibility index (Phi) is 4.02. The lowest BCUT2D eigenvalue weighted by Crippen LogP contribution is -2.62. The van der Waals surface area contributed by atoms with Gasteiger partial charge in [0.15, 0.2) is 5.01 Å². The van der Waals surface area contributed by atoms with E-state index in [1.807, 2.05) is 12.1 Å². The number of rotatable bonds is 3. The van der Waals surface area contributed by atoms with Crippen LogP contribution in [0.1, 0.15) is 29.6 Å². The summed E-state index contributed by atoms with van der Waals surface area (Å²) in [6.07, 6.45) is 4.07. The molecule has 3 fully saturated rings. The molecule has 126 valence electrons. The predicted octanol–water partition coefficient (Wildman–Crippen LogP) is 2.73. The third-order valence-corrected chi connectivity index (χ3v) is 6.37. The van der Waals surface area contributed by atoms with Gasteiger partial charge in [-0.15, -0.1) is 11.3 Å². The first-order valence-electron chi connectivity index (χ1n) is 8.42. The van der Waals surface area contributed by atoms with Crippen molar-refractivity contribution < 1.29 is 9.90 Å². The fourth-order valence-electron chi connectivity index (χ4n) is 3.90. The molecule has 0 spiro atoms. The highest BCUT2D eigenvalue weighted by Crippen LogP contribution is 2.33. The number of amides is 1. The number of carbonyl (C=O) groups excluding carboxylic acids is 1. The van der Waals surface area contributed by atoms with Gasteiger partial charge < -0.3 is 10.4 Å². The Balaban J connectivity index is 1.48. The van der Waals surface area contributed by atoms with E-state index in [4.69, 9.17) is 0 Å². The standard InChI is InChI=1S/C18H21N3O2S/c1-11-16(13-6-8-21(11)9-7-13)20-17(23)18-19-10-15(24-18)12-2-4-14(22)5-3-12/h2-5,10-11,13,16,22H,6-9H2,1H3,(H,20,23). The number of phenols is 1. The summed E-state index contributed by atoms with van der Waals surface area (Å²) in [7, 11) is 0. The van der Waals surface area contributed by atoms with Crippen LogP contribution in [0.2, 0.25) is 0 Å². The molecule has 0 aliphatic carbocycles. The smallest absolute Gasteiger partial charge is 0.280 e. The van der Waals surface area contributed by atoms with Crippen LogP contribution >= 0.6 is 11.3 Å². The molecular weight excluding hydrogens is 322 g/mol. The molecule has 6 heteroatoms. The molecule has 3 aliphatic heterocycles. The number of aromatic hydroxyl groups is 1. The maximum Gasteiger partial charge on any atom is 0.280 e. The number of hydrogen-bond donors (Lipinski definition) is 2. The maximum absolute atomic E-state index is 12.6. The first-order valence-corrected chi connectivity index (χ1v) is 9.23. The van der Waals surface area contributed by atoms with E-state index in [-0.39, 0.29) is 17.7 Å². The summed E-state index contributed by atoms with van der Waals surface area (Å²) in [5.74, 6) is 0.749. The van der Waals surface area contributed by atoms with Gasteiger partial charge in [0.2, 0.25) is 0 Å². The first kappa shape index (κ1) is 15.6. The number of piperidine rings is 3. The Morgan fingerprint density at radius 2 is 2.00 bits per heavy atom. The van der Waals surface area contributed by atoms with Gasteiger partial charge in [-0.25, -0.2) is 4.98 Å². The fraction of sp³-hybridized carbons (Fsp3) is 0.444. The molecule has 2 unspecified atom stereocenters. The van der Waals surface area contributed by atoms with Crippen molar-refractivity contribution in [1.29, 1.82) is 0 Å². The van der Waals surface area contributed by atoms with Crippen molar-refractivity contribution in [3.63, 3.8) is 0 Å². The topological polar surface area (TPSA) is 65.5 Å². The summed E-state index contributed by atoms with van der Waals surface area (Å²) in [4.78, 5) is 20.3. The van der Waals surface area contributed by atoms with Crippen LogP contribution in [-0.4, -0.2) is 46.1 Å². The van der Waals surface area contributed by atoms with Crippen molar-refractivity contribution >= 4 is 17.2 Å². The second-order valence-corrected chi connectivity index (χ2v) is 7.72. The number of thiazole rings is 1. The van der Waals surface area contributed by atoms with Gasteiger partial charge in [-0.05, 0) is 68.6 Å². The van der Waals surface area contributed by atoms with Gasteiger partial charge in [0.25, 0.3) is 5.91 Å². The molecule has 0 saturated carbocycles. The Morgan fingerprint density at radius 1 is 1.29 bits per heavy atom. The van der Waals surface area contributed by atoms with E-state index in [9.17, 15) is 9.90 Å². The van der Waals surface area contributed by atoms with Crippen molar-refractivity contribution in [1.82, 2.24) is 15.2 Å². The number of aromatic nitrogens is 1. The number of fused-ring (bicyclic) bond motifs is 3. The summed E-state index contributed by atoms with van der Waals surface area (Å²) in [6.45, 7) is 4.51. The van der Waals surface area contributed by atoms with Gasteiger partial charge in [-0.1, -0.05) is 0 Å². The molecule has 24 heavy (non-hydrogen) atoms. The third kappa shape index (κ3) is 2.80. The van der Waals surface area contributed by atoms with Crippen molar-refractivity contribution in [3.8, 4) is 16.2 Å². The van der Waals surface area contributed by atoms with E-state index in [2.05, 4.69) is 22.1 Å². The molecule has 2 bridgehead atoms. The molecule has 0 radical (unpaired) electrons. The number of carbonyl (C=O) groups is 1. The molecule has 5 rings (SSSR count). The van der Waals surface area contributed by atoms with E-state index < -0.39 is 0 Å². The third-order valence-electron chi connectivity index (χ3n) is 5.33. The average molecular weight is 343 g/mol. The zero-order valence-corrected chi connectivity index (χ0v) is 14.4. The molecule has 3 saturated heterocycles. The molecule has 3 aliphatic rings. The van der Waals surface area contributed by atoms with E-state index in [1.165, 1.54) is 24.2 Å². The minimum Gasteiger partial charge on any atom is -0.508 e. The van der Waals surface area contributed by atoms with Crippen LogP contribution in [0.4, 0.5) is 0 Å². The van der Waals surface area contributed by atoms with Crippen LogP contribution in [0.15, 0.2) is 30.5 Å². The van der Waals surface area contributed by atoms with Crippen molar-refractivity contribution in [2.24, 2.45) is 5.92 Å². The zero-order valence-electron chi connectivity index (χ0n) is 13.6. The molecule has 4 heterocycles. The molecule has 2 atom stereocenters. The van der Waals surface area contributed by atoms with Crippen molar-refractivity contribution in [2.75, 3.05) is 13.1 Å². The second-order valence-electron chi connectivity index (χ2n) is 6.69. The number of nitrogens with one attached hydrogen (secondary N) is 1. The largest absolute Gasteiger partial charge is 0.508 e. The molecule has 1 aromatic carbocycles. The summed E-state index contributed by atoms with van der Waals surface area (Å²) in [6, 6.07) is 7.58. The highest BCUT2D eigenvalue weighted by molar-refractivity contribution is 7.16. The van der Waals surface area contributed by atoms with Crippen LogP contribution in [0.5, 0.6) is 5.75 Å². The van der Waals surface area contributed by atoms with E-state index in [0.29, 0.717) is 17.0 Å². The summed E-state index contributed by atoms with van der Waals surface area (Å²) in [5, 5.41) is 13.1. The highest BCUT2D eigenvalue weighted by Gasteiger charge is 2.40. The van der Waals surface area contributed by atoms with E-state index in [1.54, 1.807) is 18.3 Å². The number of nitrogens with zero attached hydrogens (tertiary/aromatic N) is 2.